The third-order valence-corrected chi connectivity index (χ3v) is 2.78. The molecule has 0 spiro atoms. The maximum Gasteiger partial charge on any atom is 0.308 e. The number of carbonyl (C=O) groups is 1. The fraction of sp³-hybridized carbons (Fsp3) is 0.923. The maximum absolute atomic E-state index is 11.1. The number of esters is 1. The molecular weight excluding hydrogens is 234 g/mol. The summed E-state index contributed by atoms with van der Waals surface area (Å²) >= 11 is 0. The van der Waals surface area contributed by atoms with Gasteiger partial charge in [-0.3, -0.25) is 4.79 Å². The molecule has 0 bridgehead atoms. The largest absolute Gasteiger partial charge is 0.466 e. The second-order valence-corrected chi connectivity index (χ2v) is 4.74. The normalized spacial score (nSPS) is 16.6. The van der Waals surface area contributed by atoms with Crippen LogP contribution in [0.3, 0.4) is 0 Å². The Morgan fingerprint density at radius 2 is 2.28 bits per heavy atom. The zero-order chi connectivity index (χ0) is 13.2. The molecule has 0 saturated heterocycles. The van der Waals surface area contributed by atoms with Gasteiger partial charge in [0.05, 0.1) is 19.1 Å². The van der Waals surface area contributed by atoms with Gasteiger partial charge in [0.2, 0.25) is 0 Å². The fourth-order valence-electron chi connectivity index (χ4n) is 1.59. The Bertz CT molecular complexity index is 231. The summed E-state index contributed by atoms with van der Waals surface area (Å²) in [6.07, 6.45) is 2.95. The maximum atomic E-state index is 11.1. The average molecular weight is 259 g/mol. The summed E-state index contributed by atoms with van der Waals surface area (Å²) in [5.74, 6) is 0.462. The highest BCUT2D eigenvalue weighted by Crippen LogP contribution is 2.28. The first-order valence-corrected chi connectivity index (χ1v) is 6.84. The van der Waals surface area contributed by atoms with Crippen LogP contribution >= 0.6 is 0 Å². The van der Waals surface area contributed by atoms with Crippen LogP contribution in [0.5, 0.6) is 0 Å². The zero-order valence-corrected chi connectivity index (χ0v) is 11.2. The third-order valence-electron chi connectivity index (χ3n) is 2.78. The lowest BCUT2D eigenvalue weighted by molar-refractivity contribution is -0.145. The summed E-state index contributed by atoms with van der Waals surface area (Å²) in [6, 6.07) is 0. The van der Waals surface area contributed by atoms with Crippen molar-refractivity contribution >= 4 is 5.97 Å². The summed E-state index contributed by atoms with van der Waals surface area (Å²) in [5.41, 5.74) is 0. The molecule has 2 N–H and O–H groups in total. The number of hydrogen-bond acceptors (Lipinski definition) is 5. The van der Waals surface area contributed by atoms with Crippen molar-refractivity contribution in [2.45, 2.75) is 38.7 Å². The quantitative estimate of drug-likeness (QED) is 0.422. The topological polar surface area (TPSA) is 67.8 Å². The molecule has 0 radical (unpaired) electrons. The number of hydrogen-bond donors (Lipinski definition) is 2. The van der Waals surface area contributed by atoms with Gasteiger partial charge >= 0.3 is 5.97 Å². The molecule has 0 aliphatic heterocycles. The van der Waals surface area contributed by atoms with Crippen molar-refractivity contribution in [2.24, 2.45) is 5.92 Å². The van der Waals surface area contributed by atoms with Crippen LogP contribution in [0, 0.1) is 5.92 Å². The monoisotopic (exact) mass is 259 g/mol. The first kappa shape index (κ1) is 15.4. The van der Waals surface area contributed by atoms with Crippen molar-refractivity contribution in [3.05, 3.63) is 0 Å². The van der Waals surface area contributed by atoms with Crippen molar-refractivity contribution < 1.29 is 19.4 Å². The Kier molecular flexibility index (Phi) is 7.96. The molecule has 0 aromatic heterocycles. The predicted molar refractivity (Wildman–Crippen MR) is 68.3 cm³/mol. The molecule has 1 fully saturated rings. The molecule has 1 rings (SSSR count). The van der Waals surface area contributed by atoms with E-state index in [-0.39, 0.29) is 12.4 Å². The van der Waals surface area contributed by atoms with Gasteiger partial charge in [-0.1, -0.05) is 0 Å². The van der Waals surface area contributed by atoms with Crippen LogP contribution in [0.1, 0.15) is 32.6 Å². The second-order valence-electron chi connectivity index (χ2n) is 4.74. The molecule has 5 heteroatoms. The molecule has 0 amide bonds. The van der Waals surface area contributed by atoms with Crippen molar-refractivity contribution in [1.29, 1.82) is 0 Å². The highest BCUT2D eigenvalue weighted by molar-refractivity contribution is 5.69. The lowest BCUT2D eigenvalue weighted by Crippen LogP contribution is -2.30. The molecular formula is C13H25NO4. The van der Waals surface area contributed by atoms with Crippen LogP contribution in [-0.2, 0) is 14.3 Å². The first-order valence-electron chi connectivity index (χ1n) is 6.84. The van der Waals surface area contributed by atoms with E-state index in [9.17, 15) is 9.90 Å². The molecule has 0 aromatic carbocycles. The summed E-state index contributed by atoms with van der Waals surface area (Å²) < 4.78 is 10.2. The molecule has 18 heavy (non-hydrogen) atoms. The third kappa shape index (κ3) is 8.44. The Morgan fingerprint density at radius 3 is 2.94 bits per heavy atom. The number of carbonyl (C=O) groups excluding carboxylic acids is 1. The Balaban J connectivity index is 1.82. The standard InChI is InChI=1S/C13H25NO4/c1-2-18-13(16)8-12(15)9-14-6-3-7-17-10-11-4-5-11/h11-12,14-15H,2-10H2,1H3. The van der Waals surface area contributed by atoms with Crippen molar-refractivity contribution in [2.75, 3.05) is 32.9 Å². The highest BCUT2D eigenvalue weighted by Gasteiger charge is 2.20. The minimum atomic E-state index is -0.670. The number of rotatable bonds is 11. The van der Waals surface area contributed by atoms with Crippen molar-refractivity contribution in [3.63, 3.8) is 0 Å². The van der Waals surface area contributed by atoms with Crippen LogP contribution in [-0.4, -0.2) is 50.1 Å². The number of aliphatic hydroxyl groups excluding tert-OH is 1. The highest BCUT2D eigenvalue weighted by atomic mass is 16.5. The van der Waals surface area contributed by atoms with E-state index in [4.69, 9.17) is 9.47 Å². The summed E-state index contributed by atoms with van der Waals surface area (Å²) in [4.78, 5) is 11.1. The van der Waals surface area contributed by atoms with Crippen LogP contribution in [0.2, 0.25) is 0 Å². The molecule has 0 aromatic rings. The summed E-state index contributed by atoms with van der Waals surface area (Å²) in [6.45, 7) is 4.98. The lowest BCUT2D eigenvalue weighted by atomic mass is 10.2. The van der Waals surface area contributed by atoms with Gasteiger partial charge in [0.1, 0.15) is 0 Å². The molecule has 1 unspecified atom stereocenters. The van der Waals surface area contributed by atoms with Crippen LogP contribution in [0.25, 0.3) is 0 Å². The zero-order valence-electron chi connectivity index (χ0n) is 11.2. The van der Waals surface area contributed by atoms with Crippen molar-refractivity contribution in [1.82, 2.24) is 5.32 Å². The summed E-state index contributed by atoms with van der Waals surface area (Å²) in [5, 5.41) is 12.6. The molecule has 0 heterocycles. The van der Waals surface area contributed by atoms with Gasteiger partial charge in [-0.15, -0.1) is 0 Å². The van der Waals surface area contributed by atoms with Crippen LogP contribution in [0.4, 0.5) is 0 Å². The predicted octanol–water partition coefficient (Wildman–Crippen LogP) is 0.707. The van der Waals surface area contributed by atoms with Gasteiger partial charge in [-0.05, 0) is 38.6 Å². The first-order chi connectivity index (χ1) is 8.72. The molecule has 1 aliphatic carbocycles. The Morgan fingerprint density at radius 1 is 1.50 bits per heavy atom. The van der Waals surface area contributed by atoms with Gasteiger partial charge in [0, 0.05) is 19.8 Å². The molecule has 1 atom stereocenters. The number of nitrogens with one attached hydrogen (secondary N) is 1. The molecule has 106 valence electrons. The van der Waals surface area contributed by atoms with Crippen molar-refractivity contribution in [3.8, 4) is 0 Å². The minimum absolute atomic E-state index is 0.0546. The van der Waals surface area contributed by atoms with E-state index in [1.807, 2.05) is 0 Å². The minimum Gasteiger partial charge on any atom is -0.466 e. The van der Waals surface area contributed by atoms with E-state index >= 15 is 0 Å². The lowest BCUT2D eigenvalue weighted by Gasteiger charge is -2.11. The second kappa shape index (κ2) is 9.30. The number of ether oxygens (including phenoxy) is 2. The van der Waals surface area contributed by atoms with E-state index in [0.29, 0.717) is 13.2 Å². The van der Waals surface area contributed by atoms with Gasteiger partial charge in [0.15, 0.2) is 0 Å². The summed E-state index contributed by atoms with van der Waals surface area (Å²) in [7, 11) is 0. The smallest absolute Gasteiger partial charge is 0.308 e. The van der Waals surface area contributed by atoms with Gasteiger partial charge in [-0.25, -0.2) is 0 Å². The van der Waals surface area contributed by atoms with E-state index in [1.54, 1.807) is 6.92 Å². The van der Waals surface area contributed by atoms with Gasteiger partial charge in [0.25, 0.3) is 0 Å². The Hall–Kier alpha value is -0.650. The molecule has 1 saturated carbocycles. The molecule has 1 aliphatic rings. The Labute approximate surface area is 109 Å². The van der Waals surface area contributed by atoms with E-state index in [0.717, 1.165) is 32.1 Å². The van der Waals surface area contributed by atoms with Gasteiger partial charge in [-0.2, -0.15) is 0 Å². The van der Waals surface area contributed by atoms with Crippen LogP contribution < -0.4 is 5.32 Å². The molecule has 5 nitrogen and oxygen atoms in total. The van der Waals surface area contributed by atoms with Crippen LogP contribution in [0.15, 0.2) is 0 Å². The van der Waals surface area contributed by atoms with E-state index in [2.05, 4.69) is 5.32 Å². The van der Waals surface area contributed by atoms with E-state index < -0.39 is 6.10 Å². The SMILES string of the molecule is CCOC(=O)CC(O)CNCCCOCC1CC1. The fourth-order valence-corrected chi connectivity index (χ4v) is 1.59. The average Bonchev–Trinajstić information content (AvgIpc) is 3.12. The van der Waals surface area contributed by atoms with Gasteiger partial charge < -0.3 is 19.9 Å². The van der Waals surface area contributed by atoms with E-state index in [1.165, 1.54) is 12.8 Å². The number of aliphatic hydroxyl groups is 1.